The maximum Gasteiger partial charge on any atom is 0.405 e. The Balaban J connectivity index is 1.50. The monoisotopic (exact) mass is 565 g/mol. The zero-order chi connectivity index (χ0) is 28.9. The summed E-state index contributed by atoms with van der Waals surface area (Å²) in [6.45, 7) is 2.81. The lowest BCUT2D eigenvalue weighted by atomic mass is 10.0. The molecule has 0 radical (unpaired) electrons. The Morgan fingerprint density at radius 1 is 0.925 bits per heavy atom. The minimum absolute atomic E-state index is 0.00609. The first-order valence-electron chi connectivity index (χ1n) is 12.8. The summed E-state index contributed by atoms with van der Waals surface area (Å²) in [4.78, 5) is 38.9. The molecule has 0 saturated carbocycles. The molecule has 1 atom stereocenters. The fourth-order valence-corrected chi connectivity index (χ4v) is 5.52. The van der Waals surface area contributed by atoms with Crippen molar-refractivity contribution in [1.82, 2.24) is 14.9 Å². The van der Waals surface area contributed by atoms with E-state index in [4.69, 9.17) is 4.42 Å². The molecular weight excluding hydrogens is 534 g/mol. The number of hydrogen-bond donors (Lipinski definition) is 3. The van der Waals surface area contributed by atoms with E-state index >= 15 is 0 Å². The van der Waals surface area contributed by atoms with Gasteiger partial charge in [-0.2, -0.15) is 0 Å². The first-order valence-corrected chi connectivity index (χ1v) is 14.3. The predicted molar refractivity (Wildman–Crippen MR) is 150 cm³/mol. The van der Waals surface area contributed by atoms with Crippen LogP contribution in [-0.4, -0.2) is 55.3 Å². The van der Waals surface area contributed by atoms with Crippen molar-refractivity contribution >= 4 is 49.7 Å². The Hall–Kier alpha value is -4.22. The van der Waals surface area contributed by atoms with Crippen molar-refractivity contribution in [3.05, 3.63) is 78.4 Å². The van der Waals surface area contributed by atoms with Crippen LogP contribution >= 0.6 is 0 Å². The second kappa shape index (κ2) is 12.3. The summed E-state index contributed by atoms with van der Waals surface area (Å²) in [5.41, 5.74) is 1.91. The second-order valence-corrected chi connectivity index (χ2v) is 11.7. The van der Waals surface area contributed by atoms with Crippen molar-refractivity contribution in [2.24, 2.45) is 5.92 Å². The van der Waals surface area contributed by atoms with Crippen molar-refractivity contribution in [1.29, 1.82) is 0 Å². The lowest BCUT2D eigenvalue weighted by molar-refractivity contribution is -0.137. The zero-order valence-corrected chi connectivity index (χ0v) is 23.0. The van der Waals surface area contributed by atoms with Gasteiger partial charge in [-0.15, -0.1) is 0 Å². The van der Waals surface area contributed by atoms with E-state index in [2.05, 4.69) is 10.0 Å². The number of Topliss-reactive ketones (excluding diaryl/α,β-unsaturated/α-hetero) is 1. The smallest absolute Gasteiger partial charge is 0.405 e. The molecule has 3 N–H and O–H groups in total. The third-order valence-corrected chi connectivity index (χ3v) is 7.71. The summed E-state index contributed by atoms with van der Waals surface area (Å²) >= 11 is 0. The maximum absolute atomic E-state index is 13.4. The molecule has 0 bridgehead atoms. The normalized spacial score (nSPS) is 12.5. The molecule has 0 fully saturated rings. The Kier molecular flexibility index (Phi) is 8.86. The summed E-state index contributed by atoms with van der Waals surface area (Å²) in [5.74, 6) is -1.11. The van der Waals surface area contributed by atoms with E-state index in [1.807, 2.05) is 38.1 Å². The van der Waals surface area contributed by atoms with Crippen LogP contribution in [0, 0.1) is 5.92 Å². The number of nitrogens with one attached hydrogen (secondary N) is 2. The van der Waals surface area contributed by atoms with E-state index in [1.165, 1.54) is 17.0 Å². The number of carbonyl (C=O) groups excluding carboxylic acids is 2. The van der Waals surface area contributed by atoms with E-state index in [-0.39, 0.29) is 23.8 Å². The molecule has 0 saturated heterocycles. The number of rotatable bonds is 12. The third-order valence-electron chi connectivity index (χ3n) is 6.32. The van der Waals surface area contributed by atoms with E-state index in [0.717, 1.165) is 10.9 Å². The molecule has 10 nitrogen and oxygen atoms in total. The maximum atomic E-state index is 13.4. The van der Waals surface area contributed by atoms with E-state index in [1.54, 1.807) is 36.4 Å². The molecule has 4 rings (SSSR count). The van der Waals surface area contributed by atoms with Gasteiger partial charge in [0.05, 0.1) is 18.0 Å². The summed E-state index contributed by atoms with van der Waals surface area (Å²) in [7, 11) is -4.06. The standard InChI is InChI=1S/C29H31N3O7S/c1-19(2)14-25(31-29(35)36)28(34)32(17-20-8-4-3-5-9-20)18-21(33)16-30-40(37,38)22-12-13-27-24(15-22)23-10-6-7-11-26(23)39-27/h3-13,15,19,25,30-31H,14,16-18H2,1-2H3,(H,35,36). The molecule has 0 aliphatic heterocycles. The molecule has 11 heteroatoms. The molecule has 1 aromatic heterocycles. The Morgan fingerprint density at radius 2 is 1.60 bits per heavy atom. The minimum Gasteiger partial charge on any atom is -0.465 e. The number of benzene rings is 3. The first kappa shape index (κ1) is 28.8. The van der Waals surface area contributed by atoms with Crippen LogP contribution in [0.25, 0.3) is 21.9 Å². The van der Waals surface area contributed by atoms with Crippen LogP contribution in [0.2, 0.25) is 0 Å². The van der Waals surface area contributed by atoms with E-state index < -0.39 is 46.9 Å². The van der Waals surface area contributed by atoms with Gasteiger partial charge in [-0.05, 0) is 42.2 Å². The average molecular weight is 566 g/mol. The van der Waals surface area contributed by atoms with Gasteiger partial charge in [0.1, 0.15) is 17.2 Å². The lowest BCUT2D eigenvalue weighted by Gasteiger charge is -2.28. The second-order valence-electron chi connectivity index (χ2n) is 9.93. The molecule has 2 amide bonds. The Labute approximate surface area is 232 Å². The zero-order valence-electron chi connectivity index (χ0n) is 22.2. The van der Waals surface area contributed by atoms with Gasteiger partial charge in [-0.1, -0.05) is 62.4 Å². The summed E-state index contributed by atoms with van der Waals surface area (Å²) in [6, 6.07) is 19.6. The van der Waals surface area contributed by atoms with Gasteiger partial charge in [-0.25, -0.2) is 17.9 Å². The lowest BCUT2D eigenvalue weighted by Crippen LogP contribution is -2.50. The number of hydrogen-bond acceptors (Lipinski definition) is 6. The van der Waals surface area contributed by atoms with Gasteiger partial charge in [0, 0.05) is 17.3 Å². The van der Waals surface area contributed by atoms with Crippen molar-refractivity contribution < 1.29 is 32.3 Å². The summed E-state index contributed by atoms with van der Waals surface area (Å²) in [6.07, 6.45) is -1.11. The molecule has 1 heterocycles. The Bertz CT molecular complexity index is 1630. The molecule has 0 aliphatic carbocycles. The van der Waals surface area contributed by atoms with Gasteiger partial charge < -0.3 is 19.7 Å². The molecule has 3 aromatic carbocycles. The SMILES string of the molecule is CC(C)CC(NC(=O)O)C(=O)N(CC(=O)CNS(=O)(=O)c1ccc2oc3ccccc3c2c1)Cc1ccccc1. The summed E-state index contributed by atoms with van der Waals surface area (Å²) in [5, 5.41) is 12.9. The summed E-state index contributed by atoms with van der Waals surface area (Å²) < 4.78 is 34.2. The van der Waals surface area contributed by atoms with Crippen molar-refractivity contribution in [2.45, 2.75) is 37.8 Å². The highest BCUT2D eigenvalue weighted by atomic mass is 32.2. The minimum atomic E-state index is -4.06. The number of fused-ring (bicyclic) bond motifs is 3. The molecule has 4 aromatic rings. The number of sulfonamides is 1. The molecule has 1 unspecified atom stereocenters. The quantitative estimate of drug-likeness (QED) is 0.234. The fourth-order valence-electron chi connectivity index (χ4n) is 4.48. The number of ketones is 1. The molecular formula is C29H31N3O7S. The molecule has 210 valence electrons. The average Bonchev–Trinajstić information content (AvgIpc) is 3.29. The van der Waals surface area contributed by atoms with Crippen molar-refractivity contribution in [3.8, 4) is 0 Å². The largest absolute Gasteiger partial charge is 0.465 e. The van der Waals surface area contributed by atoms with Crippen LogP contribution in [0.4, 0.5) is 4.79 Å². The number of nitrogens with zero attached hydrogens (tertiary/aromatic N) is 1. The number of carbonyl (C=O) groups is 3. The predicted octanol–water partition coefficient (Wildman–Crippen LogP) is 4.14. The van der Waals surface area contributed by atoms with Crippen LogP contribution in [-0.2, 0) is 26.2 Å². The number of furan rings is 1. The van der Waals surface area contributed by atoms with Gasteiger partial charge >= 0.3 is 6.09 Å². The van der Waals surface area contributed by atoms with Crippen LogP contribution in [0.1, 0.15) is 25.8 Å². The highest BCUT2D eigenvalue weighted by Crippen LogP contribution is 2.30. The van der Waals surface area contributed by atoms with Crippen LogP contribution in [0.3, 0.4) is 0 Å². The van der Waals surface area contributed by atoms with E-state index in [0.29, 0.717) is 16.6 Å². The van der Waals surface area contributed by atoms with Crippen molar-refractivity contribution in [3.63, 3.8) is 0 Å². The number of para-hydroxylation sites is 1. The number of amides is 2. The third kappa shape index (κ3) is 7.04. The van der Waals surface area contributed by atoms with E-state index in [9.17, 15) is 27.9 Å². The van der Waals surface area contributed by atoms with Gasteiger partial charge in [0.15, 0.2) is 5.78 Å². The van der Waals surface area contributed by atoms with Gasteiger partial charge in [0.2, 0.25) is 15.9 Å². The van der Waals surface area contributed by atoms with Crippen LogP contribution in [0.15, 0.2) is 82.1 Å². The molecule has 40 heavy (non-hydrogen) atoms. The fraction of sp³-hybridized carbons (Fsp3) is 0.276. The Morgan fingerprint density at radius 3 is 2.30 bits per heavy atom. The van der Waals surface area contributed by atoms with Gasteiger partial charge in [0.25, 0.3) is 0 Å². The van der Waals surface area contributed by atoms with Crippen LogP contribution < -0.4 is 10.0 Å². The highest BCUT2D eigenvalue weighted by Gasteiger charge is 2.28. The molecule has 0 spiro atoms. The van der Waals surface area contributed by atoms with Crippen LogP contribution in [0.5, 0.6) is 0 Å². The topological polar surface area (TPSA) is 146 Å². The number of carboxylic acid groups (broad SMARTS) is 1. The highest BCUT2D eigenvalue weighted by molar-refractivity contribution is 7.89. The van der Waals surface area contributed by atoms with Crippen molar-refractivity contribution in [2.75, 3.05) is 13.1 Å². The van der Waals surface area contributed by atoms with Gasteiger partial charge in [-0.3, -0.25) is 9.59 Å². The first-order chi connectivity index (χ1) is 19.0. The molecule has 0 aliphatic rings.